The number of rotatable bonds is 5. The second kappa shape index (κ2) is 6.32. The number of benzene rings is 1. The highest BCUT2D eigenvalue weighted by Crippen LogP contribution is 2.20. The third-order valence-electron chi connectivity index (χ3n) is 3.31. The summed E-state index contributed by atoms with van der Waals surface area (Å²) in [5.74, 6) is 1.22. The van der Waals surface area contributed by atoms with Crippen molar-refractivity contribution in [2.45, 2.75) is 6.54 Å². The number of aromatic nitrogens is 3. The molecule has 0 atom stereocenters. The molecule has 0 saturated heterocycles. The topological polar surface area (TPSA) is 113 Å². The van der Waals surface area contributed by atoms with E-state index in [9.17, 15) is 14.9 Å². The molecule has 1 aromatic carbocycles. The molecule has 0 aliphatic carbocycles. The summed E-state index contributed by atoms with van der Waals surface area (Å²) in [6.45, 7) is -0.0276. The molecule has 24 heavy (non-hydrogen) atoms. The van der Waals surface area contributed by atoms with E-state index in [1.165, 1.54) is 12.3 Å². The number of ether oxygens (including phenoxy) is 1. The van der Waals surface area contributed by atoms with E-state index in [0.29, 0.717) is 11.3 Å². The zero-order valence-electron chi connectivity index (χ0n) is 12.6. The lowest BCUT2D eigenvalue weighted by atomic mass is 10.2. The molecule has 3 aromatic rings. The summed E-state index contributed by atoms with van der Waals surface area (Å²) in [5.41, 5.74) is -0.532. The van der Waals surface area contributed by atoms with Crippen LogP contribution < -0.4 is 10.3 Å². The number of hydrogen-bond donors (Lipinski definition) is 0. The van der Waals surface area contributed by atoms with Crippen molar-refractivity contribution in [3.8, 4) is 17.2 Å². The average molecular weight is 328 g/mol. The molecule has 0 amide bonds. The zero-order chi connectivity index (χ0) is 17.1. The van der Waals surface area contributed by atoms with E-state index in [1.54, 1.807) is 31.4 Å². The fourth-order valence-electron chi connectivity index (χ4n) is 2.11. The average Bonchev–Trinajstić information content (AvgIpc) is 3.05. The smallest absolute Gasteiger partial charge is 0.334 e. The van der Waals surface area contributed by atoms with Crippen LogP contribution in [0.25, 0.3) is 11.5 Å². The Morgan fingerprint density at radius 2 is 2.04 bits per heavy atom. The predicted octanol–water partition coefficient (Wildman–Crippen LogP) is 1.86. The van der Waals surface area contributed by atoms with E-state index in [4.69, 9.17) is 9.26 Å². The summed E-state index contributed by atoms with van der Waals surface area (Å²) in [7, 11) is 1.57. The Labute approximate surface area is 135 Å². The van der Waals surface area contributed by atoms with Gasteiger partial charge in [-0.1, -0.05) is 5.16 Å². The summed E-state index contributed by atoms with van der Waals surface area (Å²) in [6.07, 6.45) is 1.43. The van der Waals surface area contributed by atoms with Gasteiger partial charge in [-0.2, -0.15) is 4.98 Å². The molecule has 0 N–H and O–H groups in total. The first-order valence-corrected chi connectivity index (χ1v) is 6.89. The summed E-state index contributed by atoms with van der Waals surface area (Å²) >= 11 is 0. The van der Waals surface area contributed by atoms with Crippen LogP contribution in [0.5, 0.6) is 5.75 Å². The van der Waals surface area contributed by atoms with Gasteiger partial charge < -0.3 is 13.8 Å². The van der Waals surface area contributed by atoms with Gasteiger partial charge >= 0.3 is 11.2 Å². The zero-order valence-corrected chi connectivity index (χ0v) is 12.6. The molecule has 9 heteroatoms. The van der Waals surface area contributed by atoms with Gasteiger partial charge in [-0.15, -0.1) is 0 Å². The van der Waals surface area contributed by atoms with Gasteiger partial charge in [0.1, 0.15) is 5.75 Å². The number of hydrogen-bond acceptors (Lipinski definition) is 7. The minimum atomic E-state index is -0.724. The van der Waals surface area contributed by atoms with Crippen molar-refractivity contribution in [2.24, 2.45) is 0 Å². The van der Waals surface area contributed by atoms with Gasteiger partial charge in [0, 0.05) is 17.8 Å². The molecule has 0 radical (unpaired) electrons. The Bertz CT molecular complexity index is 930. The maximum Gasteiger partial charge on any atom is 0.334 e. The van der Waals surface area contributed by atoms with Crippen LogP contribution in [0.2, 0.25) is 0 Å². The summed E-state index contributed by atoms with van der Waals surface area (Å²) in [5, 5.41) is 14.6. The van der Waals surface area contributed by atoms with E-state index in [2.05, 4.69) is 10.1 Å². The number of nitro groups is 1. The van der Waals surface area contributed by atoms with E-state index in [0.717, 1.165) is 10.6 Å². The first-order valence-electron chi connectivity index (χ1n) is 6.89. The Balaban J connectivity index is 1.85. The molecule has 2 aromatic heterocycles. The Hall–Kier alpha value is -3.49. The first kappa shape index (κ1) is 15.4. The minimum Gasteiger partial charge on any atom is -0.497 e. The van der Waals surface area contributed by atoms with Crippen LogP contribution in [0.15, 0.2) is 51.9 Å². The molecule has 0 spiro atoms. The normalized spacial score (nSPS) is 10.5. The highest BCUT2D eigenvalue weighted by molar-refractivity contribution is 5.54. The monoisotopic (exact) mass is 328 g/mol. The van der Waals surface area contributed by atoms with Crippen LogP contribution in [0.3, 0.4) is 0 Å². The Morgan fingerprint density at radius 3 is 2.71 bits per heavy atom. The van der Waals surface area contributed by atoms with Crippen molar-refractivity contribution in [1.29, 1.82) is 0 Å². The molecule has 0 saturated carbocycles. The Morgan fingerprint density at radius 1 is 1.29 bits per heavy atom. The fourth-order valence-corrected chi connectivity index (χ4v) is 2.11. The lowest BCUT2D eigenvalue weighted by molar-refractivity contribution is -0.386. The van der Waals surface area contributed by atoms with Gasteiger partial charge in [-0.05, 0) is 30.3 Å². The van der Waals surface area contributed by atoms with Gasteiger partial charge in [-0.25, -0.2) is 0 Å². The molecule has 9 nitrogen and oxygen atoms in total. The molecule has 2 heterocycles. The van der Waals surface area contributed by atoms with Crippen molar-refractivity contribution >= 4 is 5.69 Å². The molecule has 0 aliphatic rings. The van der Waals surface area contributed by atoms with Gasteiger partial charge in [-0.3, -0.25) is 14.9 Å². The second-order valence-electron chi connectivity index (χ2n) is 4.83. The van der Waals surface area contributed by atoms with E-state index in [-0.39, 0.29) is 18.3 Å². The fraction of sp³-hybridized carbons (Fsp3) is 0.133. The van der Waals surface area contributed by atoms with Crippen LogP contribution >= 0.6 is 0 Å². The standard InChI is InChI=1S/C15H12N4O5/c1-23-11-6-4-10(5-7-11)14-16-13(17-24-14)9-18-8-2-3-12(15(18)20)19(21)22/h2-8H,9H2,1H3. The van der Waals surface area contributed by atoms with Gasteiger partial charge in [0.15, 0.2) is 5.82 Å². The summed E-state index contributed by atoms with van der Waals surface area (Å²) < 4.78 is 11.4. The summed E-state index contributed by atoms with van der Waals surface area (Å²) in [4.78, 5) is 26.3. The molecule has 122 valence electrons. The third-order valence-corrected chi connectivity index (χ3v) is 3.31. The summed E-state index contributed by atoms with van der Waals surface area (Å²) in [6, 6.07) is 9.60. The highest BCUT2D eigenvalue weighted by Gasteiger charge is 2.15. The molecular weight excluding hydrogens is 316 g/mol. The van der Waals surface area contributed by atoms with E-state index >= 15 is 0 Å². The molecule has 0 aliphatic heterocycles. The van der Waals surface area contributed by atoms with Crippen LogP contribution in [0, 0.1) is 10.1 Å². The quantitative estimate of drug-likeness (QED) is 0.519. The Kier molecular flexibility index (Phi) is 4.06. The maximum absolute atomic E-state index is 12.0. The van der Waals surface area contributed by atoms with Crippen LogP contribution in [0.4, 0.5) is 5.69 Å². The van der Waals surface area contributed by atoms with Gasteiger partial charge in [0.25, 0.3) is 5.89 Å². The second-order valence-corrected chi connectivity index (χ2v) is 4.83. The highest BCUT2D eigenvalue weighted by atomic mass is 16.6. The number of methoxy groups -OCH3 is 1. The number of pyridine rings is 1. The SMILES string of the molecule is COc1ccc(-c2nc(Cn3cccc([N+](=O)[O-])c3=O)no2)cc1. The molecule has 0 fully saturated rings. The van der Waals surface area contributed by atoms with Crippen molar-refractivity contribution in [2.75, 3.05) is 7.11 Å². The van der Waals surface area contributed by atoms with Crippen molar-refractivity contribution < 1.29 is 14.2 Å². The van der Waals surface area contributed by atoms with Crippen molar-refractivity contribution in [3.63, 3.8) is 0 Å². The van der Waals surface area contributed by atoms with Crippen LogP contribution in [-0.2, 0) is 6.54 Å². The number of nitrogens with zero attached hydrogens (tertiary/aromatic N) is 4. The van der Waals surface area contributed by atoms with Crippen LogP contribution in [0.1, 0.15) is 5.82 Å². The first-order chi connectivity index (χ1) is 11.6. The van der Waals surface area contributed by atoms with E-state index < -0.39 is 16.2 Å². The van der Waals surface area contributed by atoms with Gasteiger partial charge in [0.05, 0.1) is 18.6 Å². The third kappa shape index (κ3) is 3.00. The molecule has 3 rings (SSSR count). The largest absolute Gasteiger partial charge is 0.497 e. The van der Waals surface area contributed by atoms with Gasteiger partial charge in [0.2, 0.25) is 0 Å². The van der Waals surface area contributed by atoms with Crippen LogP contribution in [-0.4, -0.2) is 26.7 Å². The van der Waals surface area contributed by atoms with E-state index in [1.807, 2.05) is 0 Å². The lowest BCUT2D eigenvalue weighted by Gasteiger charge is -2.00. The molecule has 0 bridgehead atoms. The minimum absolute atomic E-state index is 0.0276. The lowest BCUT2D eigenvalue weighted by Crippen LogP contribution is -2.22. The van der Waals surface area contributed by atoms with Crippen molar-refractivity contribution in [1.82, 2.24) is 14.7 Å². The predicted molar refractivity (Wildman–Crippen MR) is 82.7 cm³/mol. The maximum atomic E-state index is 12.0. The molecular formula is C15H12N4O5. The van der Waals surface area contributed by atoms with Crippen molar-refractivity contribution in [3.05, 3.63) is 68.9 Å². The molecule has 0 unspecified atom stereocenters.